The highest BCUT2D eigenvalue weighted by molar-refractivity contribution is 5.52. The quantitative estimate of drug-likeness (QED) is 0.865. The minimum atomic E-state index is -0.453. The summed E-state index contributed by atoms with van der Waals surface area (Å²) in [6.07, 6.45) is 1.50. The van der Waals surface area contributed by atoms with E-state index in [1.165, 1.54) is 18.4 Å². The Balaban J connectivity index is 2.21. The lowest BCUT2D eigenvalue weighted by Crippen LogP contribution is -2.04. The fourth-order valence-corrected chi connectivity index (χ4v) is 1.43. The van der Waals surface area contributed by atoms with Crippen LogP contribution in [-0.4, -0.2) is 16.2 Å². The number of aliphatic hydroxyl groups is 1. The number of oxazole rings is 1. The summed E-state index contributed by atoms with van der Waals surface area (Å²) in [4.78, 5) is 4.20. The van der Waals surface area contributed by atoms with Crippen molar-refractivity contribution in [3.8, 4) is 11.5 Å². The maximum atomic E-state index is 12.7. The number of hydrogen-bond donors (Lipinski definition) is 1. The normalized spacial score (nSPS) is 12.7. The molecule has 3 nitrogen and oxygen atoms in total. The Bertz CT molecular complexity index is 462. The smallest absolute Gasteiger partial charge is 0.226 e. The van der Waals surface area contributed by atoms with Crippen LogP contribution in [0.4, 0.5) is 4.39 Å². The molecule has 1 N–H and O–H groups in total. The van der Waals surface area contributed by atoms with Gasteiger partial charge in [-0.2, -0.15) is 0 Å². The van der Waals surface area contributed by atoms with Gasteiger partial charge in [-0.3, -0.25) is 0 Å². The average molecular weight is 221 g/mol. The van der Waals surface area contributed by atoms with E-state index in [0.29, 0.717) is 18.0 Å². The molecule has 0 fully saturated rings. The molecule has 0 aliphatic rings. The van der Waals surface area contributed by atoms with Gasteiger partial charge in [0.05, 0.1) is 11.8 Å². The van der Waals surface area contributed by atoms with Crippen LogP contribution in [0.25, 0.3) is 11.5 Å². The number of hydrogen-bond acceptors (Lipinski definition) is 3. The molecule has 0 spiro atoms. The lowest BCUT2D eigenvalue weighted by molar-refractivity contribution is 0.194. The Morgan fingerprint density at radius 2 is 2.06 bits per heavy atom. The molecule has 0 bridgehead atoms. The molecule has 1 heterocycles. The van der Waals surface area contributed by atoms with E-state index < -0.39 is 6.10 Å². The van der Waals surface area contributed by atoms with Crippen molar-refractivity contribution < 1.29 is 13.9 Å². The molecule has 84 valence electrons. The second-order valence-corrected chi connectivity index (χ2v) is 3.70. The number of benzene rings is 1. The van der Waals surface area contributed by atoms with Gasteiger partial charge in [-0.1, -0.05) is 0 Å². The average Bonchev–Trinajstić information content (AvgIpc) is 2.66. The number of aromatic nitrogens is 1. The van der Waals surface area contributed by atoms with Crippen LogP contribution < -0.4 is 0 Å². The van der Waals surface area contributed by atoms with Crippen molar-refractivity contribution in [1.29, 1.82) is 0 Å². The van der Waals surface area contributed by atoms with Crippen molar-refractivity contribution >= 4 is 0 Å². The summed E-state index contributed by atoms with van der Waals surface area (Å²) in [6.45, 7) is 1.69. The summed E-state index contributed by atoms with van der Waals surface area (Å²) < 4.78 is 17.9. The van der Waals surface area contributed by atoms with Crippen LogP contribution in [0.15, 0.2) is 34.9 Å². The first-order valence-electron chi connectivity index (χ1n) is 5.03. The largest absolute Gasteiger partial charge is 0.444 e. The van der Waals surface area contributed by atoms with Crippen molar-refractivity contribution in [2.24, 2.45) is 0 Å². The van der Waals surface area contributed by atoms with Crippen molar-refractivity contribution in [3.05, 3.63) is 42.0 Å². The first-order chi connectivity index (χ1) is 7.65. The lowest BCUT2D eigenvalue weighted by Gasteiger charge is -1.97. The van der Waals surface area contributed by atoms with Gasteiger partial charge >= 0.3 is 0 Å². The van der Waals surface area contributed by atoms with Crippen molar-refractivity contribution in [2.75, 3.05) is 0 Å². The standard InChI is InChI=1S/C12H12FNO2/c1-8(15)6-11-7-16-12(14-11)9-2-4-10(13)5-3-9/h2-5,7-8,15H,6H2,1H3. The second kappa shape index (κ2) is 4.45. The predicted molar refractivity (Wildman–Crippen MR) is 57.3 cm³/mol. The first kappa shape index (κ1) is 10.8. The minimum Gasteiger partial charge on any atom is -0.444 e. The summed E-state index contributed by atoms with van der Waals surface area (Å²) in [5.41, 5.74) is 1.41. The molecular weight excluding hydrogens is 209 g/mol. The van der Waals surface area contributed by atoms with Crippen molar-refractivity contribution in [1.82, 2.24) is 4.98 Å². The third kappa shape index (κ3) is 2.46. The van der Waals surface area contributed by atoms with Crippen LogP contribution in [0.2, 0.25) is 0 Å². The van der Waals surface area contributed by atoms with Crippen LogP contribution in [0.5, 0.6) is 0 Å². The minimum absolute atomic E-state index is 0.292. The molecule has 0 amide bonds. The SMILES string of the molecule is CC(O)Cc1coc(-c2ccc(F)cc2)n1. The molecule has 0 saturated carbocycles. The van der Waals surface area contributed by atoms with Gasteiger partial charge in [0.25, 0.3) is 0 Å². The molecule has 0 radical (unpaired) electrons. The van der Waals surface area contributed by atoms with Crippen LogP contribution in [-0.2, 0) is 6.42 Å². The third-order valence-electron chi connectivity index (χ3n) is 2.15. The third-order valence-corrected chi connectivity index (χ3v) is 2.15. The molecule has 2 aromatic rings. The van der Waals surface area contributed by atoms with Crippen LogP contribution in [0, 0.1) is 5.82 Å². The van der Waals surface area contributed by atoms with Gasteiger partial charge in [-0.15, -0.1) is 0 Å². The Morgan fingerprint density at radius 1 is 1.38 bits per heavy atom. The zero-order chi connectivity index (χ0) is 11.5. The van der Waals surface area contributed by atoms with Gasteiger partial charge in [0.2, 0.25) is 5.89 Å². The summed E-state index contributed by atoms with van der Waals surface area (Å²) in [5, 5.41) is 9.19. The Morgan fingerprint density at radius 3 is 2.69 bits per heavy atom. The van der Waals surface area contributed by atoms with E-state index in [1.807, 2.05) is 0 Å². The second-order valence-electron chi connectivity index (χ2n) is 3.70. The highest BCUT2D eigenvalue weighted by Crippen LogP contribution is 2.19. The van der Waals surface area contributed by atoms with Crippen molar-refractivity contribution in [2.45, 2.75) is 19.4 Å². The maximum Gasteiger partial charge on any atom is 0.226 e. The van der Waals surface area contributed by atoms with Gasteiger partial charge in [-0.25, -0.2) is 9.37 Å². The Labute approximate surface area is 92.6 Å². The van der Waals surface area contributed by atoms with Gasteiger partial charge in [-0.05, 0) is 31.2 Å². The molecule has 16 heavy (non-hydrogen) atoms. The molecule has 1 aromatic carbocycles. The molecule has 4 heteroatoms. The first-order valence-corrected chi connectivity index (χ1v) is 5.03. The Kier molecular flexibility index (Phi) is 3.01. The maximum absolute atomic E-state index is 12.7. The molecule has 1 atom stereocenters. The van der Waals surface area contributed by atoms with Gasteiger partial charge in [0.1, 0.15) is 12.1 Å². The fourth-order valence-electron chi connectivity index (χ4n) is 1.43. The van der Waals surface area contributed by atoms with Crippen LogP contribution in [0.1, 0.15) is 12.6 Å². The monoisotopic (exact) mass is 221 g/mol. The molecule has 0 aliphatic carbocycles. The zero-order valence-electron chi connectivity index (χ0n) is 8.85. The van der Waals surface area contributed by atoms with E-state index in [1.54, 1.807) is 19.1 Å². The van der Waals surface area contributed by atoms with E-state index in [4.69, 9.17) is 4.42 Å². The predicted octanol–water partition coefficient (Wildman–Crippen LogP) is 2.40. The highest BCUT2D eigenvalue weighted by Gasteiger charge is 2.08. The summed E-state index contributed by atoms with van der Waals surface area (Å²) in [7, 11) is 0. The molecular formula is C12H12FNO2. The Hall–Kier alpha value is -1.68. The summed E-state index contributed by atoms with van der Waals surface area (Å²) in [5.74, 6) is 0.148. The highest BCUT2D eigenvalue weighted by atomic mass is 19.1. The molecule has 0 saturated heterocycles. The van der Waals surface area contributed by atoms with E-state index >= 15 is 0 Å². The fraction of sp³-hybridized carbons (Fsp3) is 0.250. The van der Waals surface area contributed by atoms with Crippen LogP contribution in [0.3, 0.4) is 0 Å². The van der Waals surface area contributed by atoms with Crippen LogP contribution >= 0.6 is 0 Å². The number of nitrogens with zero attached hydrogens (tertiary/aromatic N) is 1. The number of rotatable bonds is 3. The van der Waals surface area contributed by atoms with Gasteiger partial charge in [0, 0.05) is 12.0 Å². The van der Waals surface area contributed by atoms with Gasteiger partial charge in [0.15, 0.2) is 0 Å². The summed E-state index contributed by atoms with van der Waals surface area (Å²) in [6, 6.07) is 5.92. The molecule has 2 rings (SSSR count). The topological polar surface area (TPSA) is 46.3 Å². The van der Waals surface area contributed by atoms with E-state index in [2.05, 4.69) is 4.98 Å². The lowest BCUT2D eigenvalue weighted by atomic mass is 10.2. The van der Waals surface area contributed by atoms with Gasteiger partial charge < -0.3 is 9.52 Å². The van der Waals surface area contributed by atoms with E-state index in [9.17, 15) is 9.50 Å². The molecule has 1 aromatic heterocycles. The molecule has 0 aliphatic heterocycles. The number of halogens is 1. The zero-order valence-corrected chi connectivity index (χ0v) is 8.85. The van der Waals surface area contributed by atoms with E-state index in [0.717, 1.165) is 5.56 Å². The van der Waals surface area contributed by atoms with E-state index in [-0.39, 0.29) is 5.82 Å². The van der Waals surface area contributed by atoms with Crippen molar-refractivity contribution in [3.63, 3.8) is 0 Å². The number of aliphatic hydroxyl groups excluding tert-OH is 1. The summed E-state index contributed by atoms with van der Waals surface area (Å²) >= 11 is 0. The molecule has 1 unspecified atom stereocenters.